The molecule has 2 aliphatic rings. The van der Waals surface area contributed by atoms with E-state index in [9.17, 15) is 4.79 Å². The van der Waals surface area contributed by atoms with Crippen LogP contribution in [0.15, 0.2) is 0 Å². The SMILES string of the molecule is CO[C@H]1CCC2(CC(=O)C2)O1. The van der Waals surface area contributed by atoms with Gasteiger partial charge in [0.1, 0.15) is 5.78 Å². The lowest BCUT2D eigenvalue weighted by atomic mass is 9.77. The molecule has 1 spiro atoms. The van der Waals surface area contributed by atoms with E-state index in [0.29, 0.717) is 18.6 Å². The largest absolute Gasteiger partial charge is 0.356 e. The van der Waals surface area contributed by atoms with Gasteiger partial charge in [0.05, 0.1) is 5.60 Å². The van der Waals surface area contributed by atoms with Crippen LogP contribution in [0.4, 0.5) is 0 Å². The fourth-order valence-corrected chi connectivity index (χ4v) is 1.87. The van der Waals surface area contributed by atoms with Crippen molar-refractivity contribution in [2.24, 2.45) is 0 Å². The molecule has 2 rings (SSSR count). The lowest BCUT2D eigenvalue weighted by molar-refractivity contribution is -0.183. The van der Waals surface area contributed by atoms with Crippen LogP contribution in [0, 0.1) is 0 Å². The quantitative estimate of drug-likeness (QED) is 0.565. The second-order valence-corrected chi connectivity index (χ2v) is 3.40. The molecule has 1 heterocycles. The van der Waals surface area contributed by atoms with E-state index in [2.05, 4.69) is 0 Å². The molecule has 0 amide bonds. The Morgan fingerprint density at radius 2 is 2.36 bits per heavy atom. The summed E-state index contributed by atoms with van der Waals surface area (Å²) in [5.41, 5.74) is -0.113. The second kappa shape index (κ2) is 2.29. The third-order valence-electron chi connectivity index (χ3n) is 2.52. The lowest BCUT2D eigenvalue weighted by Crippen LogP contribution is -2.44. The minimum absolute atomic E-state index is 0.0666. The Hall–Kier alpha value is -0.410. The number of Topliss-reactive ketones (excluding diaryl/α,β-unsaturated/α-hetero) is 1. The molecule has 0 aromatic heterocycles. The van der Waals surface area contributed by atoms with Crippen molar-refractivity contribution < 1.29 is 14.3 Å². The predicted octanol–water partition coefficient (Wildman–Crippen LogP) is 0.871. The summed E-state index contributed by atoms with van der Waals surface area (Å²) in [6, 6.07) is 0. The van der Waals surface area contributed by atoms with Gasteiger partial charge in [-0.05, 0) is 6.42 Å². The second-order valence-electron chi connectivity index (χ2n) is 3.40. The normalized spacial score (nSPS) is 34.3. The van der Waals surface area contributed by atoms with E-state index in [1.54, 1.807) is 7.11 Å². The van der Waals surface area contributed by atoms with Gasteiger partial charge in [-0.2, -0.15) is 0 Å². The summed E-state index contributed by atoms with van der Waals surface area (Å²) in [5.74, 6) is 0.321. The fourth-order valence-electron chi connectivity index (χ4n) is 1.87. The summed E-state index contributed by atoms with van der Waals surface area (Å²) in [6.45, 7) is 0. The van der Waals surface area contributed by atoms with Gasteiger partial charge in [-0.15, -0.1) is 0 Å². The van der Waals surface area contributed by atoms with Crippen LogP contribution in [0.5, 0.6) is 0 Å². The highest BCUT2D eigenvalue weighted by atomic mass is 16.7. The summed E-state index contributed by atoms with van der Waals surface area (Å²) < 4.78 is 10.6. The van der Waals surface area contributed by atoms with Gasteiger partial charge >= 0.3 is 0 Å². The molecule has 0 radical (unpaired) electrons. The van der Waals surface area contributed by atoms with Crippen LogP contribution in [-0.4, -0.2) is 24.8 Å². The maximum atomic E-state index is 10.7. The van der Waals surface area contributed by atoms with Gasteiger partial charge in [-0.25, -0.2) is 0 Å². The molecule has 0 unspecified atom stereocenters. The first kappa shape index (κ1) is 7.25. The standard InChI is InChI=1S/C8H12O3/c1-10-7-2-3-8(11-7)4-6(9)5-8/h7H,2-5H2,1H3/t7-/m1/s1. The first-order valence-corrected chi connectivity index (χ1v) is 3.96. The van der Waals surface area contributed by atoms with Crippen LogP contribution in [0.1, 0.15) is 25.7 Å². The highest BCUT2D eigenvalue weighted by molar-refractivity contribution is 5.87. The molecule has 0 N–H and O–H groups in total. The number of ether oxygens (including phenoxy) is 2. The minimum atomic E-state index is -0.113. The summed E-state index contributed by atoms with van der Waals surface area (Å²) in [5, 5.41) is 0. The molecule has 3 heteroatoms. The van der Waals surface area contributed by atoms with Crippen molar-refractivity contribution in [1.82, 2.24) is 0 Å². The monoisotopic (exact) mass is 156 g/mol. The van der Waals surface area contributed by atoms with E-state index in [0.717, 1.165) is 12.8 Å². The number of ketones is 1. The van der Waals surface area contributed by atoms with E-state index in [4.69, 9.17) is 9.47 Å². The van der Waals surface area contributed by atoms with Crippen molar-refractivity contribution in [3.63, 3.8) is 0 Å². The van der Waals surface area contributed by atoms with E-state index in [1.807, 2.05) is 0 Å². The zero-order valence-corrected chi connectivity index (χ0v) is 6.63. The molecule has 11 heavy (non-hydrogen) atoms. The minimum Gasteiger partial charge on any atom is -0.356 e. The summed E-state index contributed by atoms with van der Waals surface area (Å²) in [4.78, 5) is 10.7. The van der Waals surface area contributed by atoms with Crippen LogP contribution in [0.3, 0.4) is 0 Å². The van der Waals surface area contributed by atoms with Crippen LogP contribution in [-0.2, 0) is 14.3 Å². The summed E-state index contributed by atoms with van der Waals surface area (Å²) >= 11 is 0. The maximum Gasteiger partial charge on any atom is 0.158 e. The van der Waals surface area contributed by atoms with Crippen molar-refractivity contribution in [2.75, 3.05) is 7.11 Å². The van der Waals surface area contributed by atoms with Crippen molar-refractivity contribution in [3.05, 3.63) is 0 Å². The number of rotatable bonds is 1. The molecule has 1 atom stereocenters. The molecule has 1 saturated heterocycles. The van der Waals surface area contributed by atoms with Gasteiger partial charge in [0.2, 0.25) is 0 Å². The molecule has 1 saturated carbocycles. The molecule has 0 aromatic rings. The van der Waals surface area contributed by atoms with E-state index < -0.39 is 0 Å². The van der Waals surface area contributed by atoms with Gasteiger partial charge < -0.3 is 9.47 Å². The van der Waals surface area contributed by atoms with Crippen molar-refractivity contribution in [1.29, 1.82) is 0 Å². The topological polar surface area (TPSA) is 35.5 Å². The molecule has 1 aliphatic carbocycles. The van der Waals surface area contributed by atoms with Crippen molar-refractivity contribution in [3.8, 4) is 0 Å². The van der Waals surface area contributed by atoms with Gasteiger partial charge in [0.25, 0.3) is 0 Å². The Bertz CT molecular complexity index is 180. The van der Waals surface area contributed by atoms with Gasteiger partial charge in [-0.1, -0.05) is 0 Å². The number of hydrogen-bond acceptors (Lipinski definition) is 3. The smallest absolute Gasteiger partial charge is 0.158 e. The average molecular weight is 156 g/mol. The van der Waals surface area contributed by atoms with Gasteiger partial charge in [0.15, 0.2) is 6.29 Å². The van der Waals surface area contributed by atoms with Gasteiger partial charge in [0, 0.05) is 26.4 Å². The Morgan fingerprint density at radius 3 is 2.82 bits per heavy atom. The first-order chi connectivity index (χ1) is 5.24. The molecule has 62 valence electrons. The molecular formula is C8H12O3. The Balaban J connectivity index is 1.94. The number of methoxy groups -OCH3 is 1. The maximum absolute atomic E-state index is 10.7. The van der Waals surface area contributed by atoms with Crippen molar-refractivity contribution in [2.45, 2.75) is 37.6 Å². The van der Waals surface area contributed by atoms with Crippen LogP contribution in [0.25, 0.3) is 0 Å². The lowest BCUT2D eigenvalue weighted by Gasteiger charge is -2.35. The van der Waals surface area contributed by atoms with Gasteiger partial charge in [-0.3, -0.25) is 4.79 Å². The Kier molecular flexibility index (Phi) is 1.51. The predicted molar refractivity (Wildman–Crippen MR) is 38.1 cm³/mol. The Labute approximate surface area is 65.7 Å². The summed E-state index contributed by atoms with van der Waals surface area (Å²) in [6.07, 6.45) is 3.06. The Morgan fingerprint density at radius 1 is 1.64 bits per heavy atom. The third-order valence-corrected chi connectivity index (χ3v) is 2.52. The molecule has 0 aromatic carbocycles. The van der Waals surface area contributed by atoms with E-state index >= 15 is 0 Å². The van der Waals surface area contributed by atoms with Crippen LogP contribution < -0.4 is 0 Å². The number of carbonyl (C=O) groups excluding carboxylic acids is 1. The fraction of sp³-hybridized carbons (Fsp3) is 0.875. The number of carbonyl (C=O) groups is 1. The first-order valence-electron chi connectivity index (χ1n) is 3.96. The highest BCUT2D eigenvalue weighted by Crippen LogP contribution is 2.43. The van der Waals surface area contributed by atoms with Crippen LogP contribution in [0.2, 0.25) is 0 Å². The average Bonchev–Trinajstić information content (AvgIpc) is 2.31. The number of hydrogen-bond donors (Lipinski definition) is 0. The van der Waals surface area contributed by atoms with E-state index in [-0.39, 0.29) is 11.9 Å². The van der Waals surface area contributed by atoms with E-state index in [1.165, 1.54) is 0 Å². The third kappa shape index (κ3) is 1.08. The molecular weight excluding hydrogens is 144 g/mol. The highest BCUT2D eigenvalue weighted by Gasteiger charge is 2.49. The van der Waals surface area contributed by atoms with Crippen LogP contribution >= 0.6 is 0 Å². The zero-order valence-electron chi connectivity index (χ0n) is 6.63. The van der Waals surface area contributed by atoms with Crippen molar-refractivity contribution >= 4 is 5.78 Å². The zero-order chi connectivity index (χ0) is 7.90. The molecule has 0 bridgehead atoms. The molecule has 3 nitrogen and oxygen atoms in total. The summed E-state index contributed by atoms with van der Waals surface area (Å²) in [7, 11) is 1.64. The molecule has 1 aliphatic heterocycles. The molecule has 2 fully saturated rings.